The van der Waals surface area contributed by atoms with Crippen molar-refractivity contribution in [1.82, 2.24) is 5.32 Å². The number of ether oxygens (including phenoxy) is 1. The van der Waals surface area contributed by atoms with E-state index in [4.69, 9.17) is 4.74 Å². The van der Waals surface area contributed by atoms with Gasteiger partial charge in [-0.1, -0.05) is 12.1 Å². The molecule has 0 bridgehead atoms. The zero-order valence-corrected chi connectivity index (χ0v) is 13.6. The first kappa shape index (κ1) is 14.9. The smallest absolute Gasteiger partial charge is 0.126 e. The Hall–Kier alpha value is -1.02. The summed E-state index contributed by atoms with van der Waals surface area (Å²) in [6.07, 6.45) is 9.38. The van der Waals surface area contributed by atoms with E-state index in [9.17, 15) is 0 Å². The van der Waals surface area contributed by atoms with Crippen LogP contribution in [0, 0.1) is 19.8 Å². The van der Waals surface area contributed by atoms with Crippen LogP contribution in [0.25, 0.3) is 0 Å². The summed E-state index contributed by atoms with van der Waals surface area (Å²) < 4.78 is 6.44. The monoisotopic (exact) mass is 287 g/mol. The maximum atomic E-state index is 6.44. The molecule has 1 aliphatic heterocycles. The Kier molecular flexibility index (Phi) is 4.84. The zero-order valence-electron chi connectivity index (χ0n) is 13.6. The van der Waals surface area contributed by atoms with Crippen molar-refractivity contribution in [3.05, 3.63) is 28.8 Å². The quantitative estimate of drug-likeness (QED) is 0.897. The first-order valence-corrected chi connectivity index (χ1v) is 8.70. The van der Waals surface area contributed by atoms with Gasteiger partial charge in [-0.3, -0.25) is 0 Å². The van der Waals surface area contributed by atoms with Gasteiger partial charge in [-0.25, -0.2) is 0 Å². The molecule has 0 radical (unpaired) electrons. The number of benzene rings is 1. The van der Waals surface area contributed by atoms with Crippen molar-refractivity contribution >= 4 is 0 Å². The maximum absolute atomic E-state index is 6.44. The summed E-state index contributed by atoms with van der Waals surface area (Å²) in [7, 11) is 0. The van der Waals surface area contributed by atoms with Crippen molar-refractivity contribution in [2.75, 3.05) is 13.1 Å². The topological polar surface area (TPSA) is 21.3 Å². The molecular weight excluding hydrogens is 258 g/mol. The van der Waals surface area contributed by atoms with Gasteiger partial charge in [0.05, 0.1) is 6.10 Å². The molecule has 1 aromatic rings. The number of piperidine rings is 1. The van der Waals surface area contributed by atoms with Gasteiger partial charge in [-0.2, -0.15) is 0 Å². The number of hydrogen-bond donors (Lipinski definition) is 1. The van der Waals surface area contributed by atoms with Gasteiger partial charge in [0.2, 0.25) is 0 Å². The van der Waals surface area contributed by atoms with Crippen LogP contribution in [0.5, 0.6) is 5.75 Å². The van der Waals surface area contributed by atoms with Crippen LogP contribution in [0.3, 0.4) is 0 Å². The Balaban J connectivity index is 1.78. The van der Waals surface area contributed by atoms with Gasteiger partial charge in [0.1, 0.15) is 5.75 Å². The van der Waals surface area contributed by atoms with Gasteiger partial charge in [0.15, 0.2) is 0 Å². The SMILES string of the molecule is Cc1ccc(CC2CCNCC2)c(OC2CCCC2)c1C. The van der Waals surface area contributed by atoms with Gasteiger partial charge in [-0.15, -0.1) is 0 Å². The molecule has 116 valence electrons. The molecule has 1 saturated carbocycles. The predicted molar refractivity (Wildman–Crippen MR) is 88.1 cm³/mol. The minimum Gasteiger partial charge on any atom is -0.490 e. The molecule has 1 aromatic carbocycles. The van der Waals surface area contributed by atoms with Gasteiger partial charge in [0, 0.05) is 0 Å². The summed E-state index contributed by atoms with van der Waals surface area (Å²) in [5.41, 5.74) is 4.15. The highest BCUT2D eigenvalue weighted by Gasteiger charge is 2.22. The molecule has 0 amide bonds. The molecule has 1 saturated heterocycles. The van der Waals surface area contributed by atoms with Gasteiger partial charge < -0.3 is 10.1 Å². The molecule has 0 atom stereocenters. The number of nitrogens with one attached hydrogen (secondary N) is 1. The summed E-state index contributed by atoms with van der Waals surface area (Å²) in [6.45, 7) is 6.78. The third kappa shape index (κ3) is 3.60. The summed E-state index contributed by atoms with van der Waals surface area (Å²) in [4.78, 5) is 0. The largest absolute Gasteiger partial charge is 0.490 e. The zero-order chi connectivity index (χ0) is 14.7. The molecule has 3 rings (SSSR count). The fraction of sp³-hybridized carbons (Fsp3) is 0.684. The Bertz CT molecular complexity index is 471. The average molecular weight is 287 g/mol. The van der Waals surface area contributed by atoms with Crippen LogP contribution in [0.1, 0.15) is 55.2 Å². The van der Waals surface area contributed by atoms with Gasteiger partial charge in [0.25, 0.3) is 0 Å². The number of hydrogen-bond acceptors (Lipinski definition) is 2. The second kappa shape index (κ2) is 6.83. The lowest BCUT2D eigenvalue weighted by molar-refractivity contribution is 0.205. The fourth-order valence-electron chi connectivity index (χ4n) is 3.74. The van der Waals surface area contributed by atoms with Crippen LogP contribution in [-0.4, -0.2) is 19.2 Å². The molecule has 0 unspecified atom stereocenters. The second-order valence-electron chi connectivity index (χ2n) is 6.92. The Morgan fingerprint density at radius 1 is 1.05 bits per heavy atom. The van der Waals surface area contributed by atoms with Gasteiger partial charge in [-0.05, 0) is 94.5 Å². The molecule has 1 heterocycles. The molecule has 2 heteroatoms. The van der Waals surface area contributed by atoms with Crippen LogP contribution in [0.2, 0.25) is 0 Å². The standard InChI is InChI=1S/C19H29NO/c1-14-7-8-17(13-16-9-11-20-12-10-16)19(15(14)2)21-18-5-3-4-6-18/h7-8,16,18,20H,3-6,9-13H2,1-2H3. The van der Waals surface area contributed by atoms with Crippen molar-refractivity contribution in [1.29, 1.82) is 0 Å². The Labute approximate surface area is 129 Å². The summed E-state index contributed by atoms with van der Waals surface area (Å²) in [5.74, 6) is 2.03. The minimum atomic E-state index is 0.456. The van der Waals surface area contributed by atoms with Gasteiger partial charge >= 0.3 is 0 Å². The van der Waals surface area contributed by atoms with Crippen LogP contribution in [0.15, 0.2) is 12.1 Å². The van der Waals surface area contributed by atoms with Crippen molar-refractivity contribution in [2.45, 2.75) is 64.9 Å². The van der Waals surface area contributed by atoms with Crippen molar-refractivity contribution in [3.8, 4) is 5.75 Å². The van der Waals surface area contributed by atoms with Crippen molar-refractivity contribution in [2.24, 2.45) is 5.92 Å². The molecule has 1 N–H and O–H groups in total. The van der Waals surface area contributed by atoms with E-state index in [0.29, 0.717) is 6.10 Å². The van der Waals surface area contributed by atoms with Crippen LogP contribution >= 0.6 is 0 Å². The molecule has 0 aromatic heterocycles. The van der Waals surface area contributed by atoms with E-state index in [2.05, 4.69) is 31.3 Å². The average Bonchev–Trinajstić information content (AvgIpc) is 3.01. The highest BCUT2D eigenvalue weighted by atomic mass is 16.5. The van der Waals surface area contributed by atoms with Crippen LogP contribution < -0.4 is 10.1 Å². The predicted octanol–water partition coefficient (Wildman–Crippen LogP) is 4.17. The molecule has 21 heavy (non-hydrogen) atoms. The van der Waals surface area contributed by atoms with E-state index in [1.54, 1.807) is 0 Å². The first-order valence-electron chi connectivity index (χ1n) is 8.70. The third-order valence-electron chi connectivity index (χ3n) is 5.31. The van der Waals surface area contributed by atoms with E-state index < -0.39 is 0 Å². The first-order chi connectivity index (χ1) is 10.2. The second-order valence-corrected chi connectivity index (χ2v) is 6.92. The molecule has 2 fully saturated rings. The lowest BCUT2D eigenvalue weighted by atomic mass is 9.89. The Morgan fingerprint density at radius 3 is 2.48 bits per heavy atom. The lowest BCUT2D eigenvalue weighted by Crippen LogP contribution is -2.28. The van der Waals surface area contributed by atoms with Crippen molar-refractivity contribution in [3.63, 3.8) is 0 Å². The van der Waals surface area contributed by atoms with E-state index in [1.165, 1.54) is 80.5 Å². The normalized spacial score (nSPS) is 20.9. The fourth-order valence-corrected chi connectivity index (χ4v) is 3.74. The van der Waals surface area contributed by atoms with E-state index in [0.717, 1.165) is 5.92 Å². The third-order valence-corrected chi connectivity index (χ3v) is 5.31. The van der Waals surface area contributed by atoms with Crippen molar-refractivity contribution < 1.29 is 4.74 Å². The van der Waals surface area contributed by atoms with E-state index in [1.807, 2.05) is 0 Å². The highest BCUT2D eigenvalue weighted by Crippen LogP contribution is 2.33. The van der Waals surface area contributed by atoms with Crippen LogP contribution in [-0.2, 0) is 6.42 Å². The van der Waals surface area contributed by atoms with E-state index in [-0.39, 0.29) is 0 Å². The molecule has 2 nitrogen and oxygen atoms in total. The lowest BCUT2D eigenvalue weighted by Gasteiger charge is -2.25. The molecule has 1 aliphatic carbocycles. The maximum Gasteiger partial charge on any atom is 0.126 e. The summed E-state index contributed by atoms with van der Waals surface area (Å²) in [5, 5.41) is 3.46. The highest BCUT2D eigenvalue weighted by molar-refractivity contribution is 5.45. The van der Waals surface area contributed by atoms with Crippen LogP contribution in [0.4, 0.5) is 0 Å². The summed E-state index contributed by atoms with van der Waals surface area (Å²) in [6, 6.07) is 4.59. The molecule has 2 aliphatic rings. The summed E-state index contributed by atoms with van der Waals surface area (Å²) >= 11 is 0. The number of aryl methyl sites for hydroxylation is 1. The minimum absolute atomic E-state index is 0.456. The molecular formula is C19H29NO. The molecule has 0 spiro atoms. The van der Waals surface area contributed by atoms with E-state index >= 15 is 0 Å². The Morgan fingerprint density at radius 2 is 1.76 bits per heavy atom. The number of rotatable bonds is 4.